The molecule has 0 bridgehead atoms. The molecule has 29 heavy (non-hydrogen) atoms. The molecule has 3 N–H and O–H groups in total. The summed E-state index contributed by atoms with van der Waals surface area (Å²) in [5.74, 6) is -0.260. The zero-order chi connectivity index (χ0) is 20.4. The van der Waals surface area contributed by atoms with Crippen LogP contribution in [0.5, 0.6) is 5.75 Å². The quantitative estimate of drug-likeness (QED) is 0.458. The van der Waals surface area contributed by atoms with Crippen LogP contribution >= 0.6 is 11.3 Å². The number of nitrogens with one attached hydrogen (secondary N) is 3. The maximum Gasteiger partial charge on any atom is 0.265 e. The Morgan fingerprint density at radius 1 is 1.07 bits per heavy atom. The number of benzene rings is 2. The predicted molar refractivity (Wildman–Crippen MR) is 109 cm³/mol. The molecule has 0 saturated heterocycles. The summed E-state index contributed by atoms with van der Waals surface area (Å²) in [6.45, 7) is 0. The third-order valence-corrected chi connectivity index (χ3v) is 5.19. The minimum atomic E-state index is -0.381. The summed E-state index contributed by atoms with van der Waals surface area (Å²) in [4.78, 5) is 26.1. The number of rotatable bonds is 5. The number of ether oxygens (including phenoxy) is 1. The van der Waals surface area contributed by atoms with Crippen LogP contribution in [0.3, 0.4) is 0 Å². The number of H-pyrrole nitrogens is 1. The fraction of sp³-hybridized carbons (Fsp3) is 0.0500. The number of fused-ring (bicyclic) bond motifs is 1. The summed E-state index contributed by atoms with van der Waals surface area (Å²) in [7, 11) is 1.49. The van der Waals surface area contributed by atoms with Gasteiger partial charge >= 0.3 is 0 Å². The molecule has 4 rings (SSSR count). The largest absolute Gasteiger partial charge is 0.496 e. The highest BCUT2D eigenvalue weighted by atomic mass is 32.1. The van der Waals surface area contributed by atoms with E-state index in [0.29, 0.717) is 37.9 Å². The first-order valence-corrected chi connectivity index (χ1v) is 9.36. The van der Waals surface area contributed by atoms with Crippen molar-refractivity contribution in [3.63, 3.8) is 0 Å². The van der Waals surface area contributed by atoms with Gasteiger partial charge in [-0.05, 0) is 42.5 Å². The van der Waals surface area contributed by atoms with Crippen LogP contribution in [0.2, 0.25) is 0 Å². The average Bonchev–Trinajstić information content (AvgIpc) is 3.31. The van der Waals surface area contributed by atoms with E-state index < -0.39 is 0 Å². The molecule has 2 amide bonds. The monoisotopic (exact) mass is 410 g/mol. The minimum absolute atomic E-state index is 0.346. The van der Waals surface area contributed by atoms with E-state index in [-0.39, 0.29) is 17.6 Å². The Labute approximate surface area is 168 Å². The van der Waals surface area contributed by atoms with Crippen LogP contribution in [-0.4, -0.2) is 29.1 Å². The standard InChI is InChI=1S/C20H15FN4O3S/c1-28-15-5-3-2-4-13(15)18(26)23-17-14-10-16(29-20(14)25-24-17)19(27)22-12-8-6-11(21)7-9-12/h2-10H,1H3,(H,22,27)(H2,23,24,25,26). The topological polar surface area (TPSA) is 96.1 Å². The van der Waals surface area contributed by atoms with E-state index in [1.54, 1.807) is 30.3 Å². The summed E-state index contributed by atoms with van der Waals surface area (Å²) >= 11 is 1.17. The van der Waals surface area contributed by atoms with E-state index in [4.69, 9.17) is 4.74 Å². The van der Waals surface area contributed by atoms with Crippen LogP contribution in [0.25, 0.3) is 10.2 Å². The zero-order valence-electron chi connectivity index (χ0n) is 15.2. The first-order valence-electron chi connectivity index (χ1n) is 8.54. The fourth-order valence-electron chi connectivity index (χ4n) is 2.76. The Morgan fingerprint density at radius 2 is 1.83 bits per heavy atom. The minimum Gasteiger partial charge on any atom is -0.496 e. The molecule has 4 aromatic rings. The third-order valence-electron chi connectivity index (χ3n) is 4.17. The number of hydrogen-bond donors (Lipinski definition) is 3. The van der Waals surface area contributed by atoms with Crippen LogP contribution in [0, 0.1) is 5.82 Å². The van der Waals surface area contributed by atoms with E-state index in [0.717, 1.165) is 0 Å². The molecular formula is C20H15FN4O3S. The lowest BCUT2D eigenvalue weighted by Crippen LogP contribution is -2.13. The van der Waals surface area contributed by atoms with Gasteiger partial charge in [-0.25, -0.2) is 4.39 Å². The van der Waals surface area contributed by atoms with Crippen molar-refractivity contribution < 1.29 is 18.7 Å². The number of nitrogens with zero attached hydrogens (tertiary/aromatic N) is 1. The Balaban J connectivity index is 1.55. The first kappa shape index (κ1) is 18.6. The number of hydrogen-bond acceptors (Lipinski definition) is 5. The van der Waals surface area contributed by atoms with E-state index in [1.807, 2.05) is 0 Å². The molecule has 0 unspecified atom stereocenters. The molecule has 0 fully saturated rings. The number of anilines is 2. The summed E-state index contributed by atoms with van der Waals surface area (Å²) in [5.41, 5.74) is 0.857. The van der Waals surface area contributed by atoms with Crippen molar-refractivity contribution in [1.29, 1.82) is 0 Å². The highest BCUT2D eigenvalue weighted by Gasteiger charge is 2.18. The summed E-state index contributed by atoms with van der Waals surface area (Å²) in [6, 6.07) is 14.0. The molecule has 0 aliphatic rings. The fourth-order valence-corrected chi connectivity index (χ4v) is 3.65. The van der Waals surface area contributed by atoms with Crippen molar-refractivity contribution in [2.75, 3.05) is 17.7 Å². The molecule has 9 heteroatoms. The second-order valence-electron chi connectivity index (χ2n) is 6.04. The Kier molecular flexibility index (Phi) is 4.96. The number of aromatic nitrogens is 2. The van der Waals surface area contributed by atoms with E-state index in [9.17, 15) is 14.0 Å². The highest BCUT2D eigenvalue weighted by Crippen LogP contribution is 2.30. The van der Waals surface area contributed by atoms with Gasteiger partial charge in [0.15, 0.2) is 0 Å². The Hall–Kier alpha value is -3.72. The van der Waals surface area contributed by atoms with Crippen LogP contribution in [0.4, 0.5) is 15.9 Å². The lowest BCUT2D eigenvalue weighted by atomic mass is 10.2. The predicted octanol–water partition coefficient (Wildman–Crippen LogP) is 4.28. The Morgan fingerprint density at radius 3 is 2.59 bits per heavy atom. The molecule has 0 spiro atoms. The molecule has 0 radical (unpaired) electrons. The number of aromatic amines is 1. The van der Waals surface area contributed by atoms with Crippen molar-refractivity contribution in [3.8, 4) is 5.75 Å². The van der Waals surface area contributed by atoms with Crippen molar-refractivity contribution in [1.82, 2.24) is 10.2 Å². The van der Waals surface area contributed by atoms with Crippen molar-refractivity contribution in [2.45, 2.75) is 0 Å². The van der Waals surface area contributed by atoms with Gasteiger partial charge in [0, 0.05) is 5.69 Å². The lowest BCUT2D eigenvalue weighted by molar-refractivity contribution is 0.101. The second kappa shape index (κ2) is 7.72. The summed E-state index contributed by atoms with van der Waals surface area (Å²) in [5, 5.41) is 13.0. The Bertz CT molecular complexity index is 1200. The van der Waals surface area contributed by atoms with Crippen molar-refractivity contribution in [3.05, 3.63) is 70.9 Å². The number of carbonyl (C=O) groups is 2. The third kappa shape index (κ3) is 3.81. The number of amides is 2. The van der Waals surface area contributed by atoms with Gasteiger partial charge in [-0.2, -0.15) is 5.10 Å². The van der Waals surface area contributed by atoms with E-state index >= 15 is 0 Å². The van der Waals surface area contributed by atoms with Crippen LogP contribution in [-0.2, 0) is 0 Å². The molecule has 7 nitrogen and oxygen atoms in total. The molecule has 2 aromatic carbocycles. The molecule has 0 atom stereocenters. The maximum atomic E-state index is 13.0. The van der Waals surface area contributed by atoms with Gasteiger partial charge in [-0.3, -0.25) is 14.7 Å². The second-order valence-corrected chi connectivity index (χ2v) is 7.07. The van der Waals surface area contributed by atoms with Gasteiger partial charge < -0.3 is 15.4 Å². The lowest BCUT2D eigenvalue weighted by Gasteiger charge is -2.07. The van der Waals surface area contributed by atoms with E-state index in [2.05, 4.69) is 20.8 Å². The highest BCUT2D eigenvalue weighted by molar-refractivity contribution is 7.20. The van der Waals surface area contributed by atoms with Crippen LogP contribution < -0.4 is 15.4 Å². The van der Waals surface area contributed by atoms with E-state index in [1.165, 1.54) is 42.7 Å². The van der Waals surface area contributed by atoms with Crippen molar-refractivity contribution in [2.24, 2.45) is 0 Å². The van der Waals surface area contributed by atoms with Crippen LogP contribution in [0.15, 0.2) is 54.6 Å². The molecule has 0 aliphatic carbocycles. The van der Waals surface area contributed by atoms with Gasteiger partial charge in [-0.1, -0.05) is 12.1 Å². The van der Waals surface area contributed by atoms with Crippen molar-refractivity contribution >= 4 is 44.9 Å². The molecule has 2 aromatic heterocycles. The number of thiophene rings is 1. The maximum absolute atomic E-state index is 13.0. The smallest absolute Gasteiger partial charge is 0.265 e. The van der Waals surface area contributed by atoms with Gasteiger partial charge in [0.05, 0.1) is 22.9 Å². The summed E-state index contributed by atoms with van der Waals surface area (Å²) in [6.07, 6.45) is 0. The van der Waals surface area contributed by atoms with Gasteiger partial charge in [-0.15, -0.1) is 11.3 Å². The molecular weight excluding hydrogens is 395 g/mol. The molecule has 0 aliphatic heterocycles. The zero-order valence-corrected chi connectivity index (χ0v) is 16.0. The number of methoxy groups -OCH3 is 1. The van der Waals surface area contributed by atoms with Gasteiger partial charge in [0.2, 0.25) is 0 Å². The van der Waals surface area contributed by atoms with Gasteiger partial charge in [0.25, 0.3) is 11.8 Å². The molecule has 146 valence electrons. The number of carbonyl (C=O) groups excluding carboxylic acids is 2. The average molecular weight is 410 g/mol. The van der Waals surface area contributed by atoms with Gasteiger partial charge in [0.1, 0.15) is 22.2 Å². The molecule has 2 heterocycles. The first-order chi connectivity index (χ1) is 14.0. The number of para-hydroxylation sites is 1. The molecule has 0 saturated carbocycles. The number of halogens is 1. The summed E-state index contributed by atoms with van der Waals surface area (Å²) < 4.78 is 18.2. The normalized spacial score (nSPS) is 10.7. The van der Waals surface area contributed by atoms with Crippen LogP contribution in [0.1, 0.15) is 20.0 Å². The SMILES string of the molecule is COc1ccccc1C(=O)Nc1[nH]nc2sc(C(=O)Nc3ccc(F)cc3)cc12.